The molecule has 0 aliphatic carbocycles. The molecule has 12 heavy (non-hydrogen) atoms. The fourth-order valence-electron chi connectivity index (χ4n) is 0.821. The van der Waals surface area contributed by atoms with Gasteiger partial charge in [-0.1, -0.05) is 0 Å². The second kappa shape index (κ2) is 3.62. The van der Waals surface area contributed by atoms with Crippen molar-refractivity contribution in [2.45, 2.75) is 11.8 Å². The summed E-state index contributed by atoms with van der Waals surface area (Å²) in [6.07, 6.45) is 1.65. The van der Waals surface area contributed by atoms with Crippen LogP contribution < -0.4 is 0 Å². The van der Waals surface area contributed by atoms with Gasteiger partial charge in [-0.15, -0.1) is 12.6 Å². The molecule has 0 atom stereocenters. The van der Waals surface area contributed by atoms with E-state index in [-0.39, 0.29) is 5.69 Å². The predicted octanol–water partition coefficient (Wildman–Crippen LogP) is 0.886. The van der Waals surface area contributed by atoms with Crippen molar-refractivity contribution in [2.75, 3.05) is 6.61 Å². The number of aryl methyl sites for hydroxylation is 1. The molecule has 0 amide bonds. The maximum atomic E-state index is 11.1. The van der Waals surface area contributed by atoms with Crippen molar-refractivity contribution in [3.05, 3.63) is 11.9 Å². The van der Waals surface area contributed by atoms with Gasteiger partial charge in [0.05, 0.1) is 11.5 Å². The molecule has 0 N–H and O–H groups in total. The first kappa shape index (κ1) is 9.12. The lowest BCUT2D eigenvalue weighted by Gasteiger charge is -1.97. The third-order valence-electron chi connectivity index (χ3n) is 1.28. The molecule has 4 nitrogen and oxygen atoms in total. The van der Waals surface area contributed by atoms with Crippen LogP contribution in [0.3, 0.4) is 0 Å². The van der Waals surface area contributed by atoms with E-state index in [9.17, 15) is 4.79 Å². The van der Waals surface area contributed by atoms with Gasteiger partial charge < -0.3 is 4.74 Å². The van der Waals surface area contributed by atoms with Gasteiger partial charge in [0.1, 0.15) is 0 Å². The van der Waals surface area contributed by atoms with E-state index < -0.39 is 5.97 Å². The van der Waals surface area contributed by atoms with E-state index in [0.717, 1.165) is 0 Å². The Labute approximate surface area is 75.9 Å². The van der Waals surface area contributed by atoms with Gasteiger partial charge >= 0.3 is 5.97 Å². The van der Waals surface area contributed by atoms with Gasteiger partial charge in [0.25, 0.3) is 0 Å². The monoisotopic (exact) mass is 186 g/mol. The third kappa shape index (κ3) is 1.79. The van der Waals surface area contributed by atoms with Gasteiger partial charge in [-0.25, -0.2) is 4.79 Å². The van der Waals surface area contributed by atoms with Crippen molar-refractivity contribution >= 4 is 18.6 Å². The van der Waals surface area contributed by atoms with E-state index in [1.54, 1.807) is 20.2 Å². The Balaban J connectivity index is 2.87. The molecule has 0 fully saturated rings. The van der Waals surface area contributed by atoms with Crippen LogP contribution in [-0.2, 0) is 11.8 Å². The number of ether oxygens (including phenoxy) is 1. The van der Waals surface area contributed by atoms with Gasteiger partial charge in [-0.2, -0.15) is 5.10 Å². The van der Waals surface area contributed by atoms with E-state index in [4.69, 9.17) is 4.74 Å². The Kier molecular flexibility index (Phi) is 2.75. The van der Waals surface area contributed by atoms with Crippen molar-refractivity contribution in [3.63, 3.8) is 0 Å². The highest BCUT2D eigenvalue weighted by molar-refractivity contribution is 7.80. The molecule has 1 heterocycles. The highest BCUT2D eigenvalue weighted by atomic mass is 32.1. The Morgan fingerprint density at radius 2 is 2.50 bits per heavy atom. The van der Waals surface area contributed by atoms with Crippen LogP contribution in [-0.4, -0.2) is 22.4 Å². The van der Waals surface area contributed by atoms with Crippen molar-refractivity contribution in [1.29, 1.82) is 0 Å². The van der Waals surface area contributed by atoms with E-state index in [2.05, 4.69) is 17.7 Å². The summed E-state index contributed by atoms with van der Waals surface area (Å²) in [5.74, 6) is -0.428. The van der Waals surface area contributed by atoms with Crippen molar-refractivity contribution in [3.8, 4) is 0 Å². The van der Waals surface area contributed by atoms with Crippen LogP contribution in [0.25, 0.3) is 0 Å². The predicted molar refractivity (Wildman–Crippen MR) is 46.4 cm³/mol. The van der Waals surface area contributed by atoms with Gasteiger partial charge in [-0.3, -0.25) is 4.68 Å². The number of hydrogen-bond acceptors (Lipinski definition) is 4. The molecule has 0 saturated heterocycles. The number of aromatic nitrogens is 2. The Morgan fingerprint density at radius 1 is 1.83 bits per heavy atom. The molecule has 0 spiro atoms. The highest BCUT2D eigenvalue weighted by Gasteiger charge is 2.14. The molecule has 0 aliphatic heterocycles. The molecule has 66 valence electrons. The van der Waals surface area contributed by atoms with Crippen LogP contribution in [0.15, 0.2) is 11.1 Å². The summed E-state index contributed by atoms with van der Waals surface area (Å²) < 4.78 is 6.28. The summed E-state index contributed by atoms with van der Waals surface area (Å²) in [6, 6.07) is 0. The first-order valence-electron chi connectivity index (χ1n) is 3.55. The fraction of sp³-hybridized carbons (Fsp3) is 0.429. The second-order valence-electron chi connectivity index (χ2n) is 2.26. The number of carbonyl (C=O) groups is 1. The lowest BCUT2D eigenvalue weighted by molar-refractivity contribution is 0.0514. The topological polar surface area (TPSA) is 44.1 Å². The molecule has 5 heteroatoms. The molecule has 1 aromatic heterocycles. The Bertz CT molecular complexity index is 296. The number of rotatable bonds is 2. The van der Waals surface area contributed by atoms with E-state index in [1.807, 2.05) is 0 Å². The molecule has 0 aliphatic rings. The number of thiol groups is 1. The number of hydrogen-bond donors (Lipinski definition) is 1. The minimum atomic E-state index is -0.428. The average Bonchev–Trinajstić information content (AvgIpc) is 2.30. The van der Waals surface area contributed by atoms with Crippen LogP contribution >= 0.6 is 12.6 Å². The lowest BCUT2D eigenvalue weighted by Crippen LogP contribution is -2.06. The molecule has 0 radical (unpaired) electrons. The van der Waals surface area contributed by atoms with E-state index in [0.29, 0.717) is 11.5 Å². The largest absolute Gasteiger partial charge is 0.461 e. The van der Waals surface area contributed by atoms with Crippen molar-refractivity contribution in [2.24, 2.45) is 7.05 Å². The Hall–Kier alpha value is -0.970. The van der Waals surface area contributed by atoms with Gasteiger partial charge in [0.15, 0.2) is 5.69 Å². The molecule has 0 bridgehead atoms. The highest BCUT2D eigenvalue weighted by Crippen LogP contribution is 2.11. The van der Waals surface area contributed by atoms with Gasteiger partial charge in [-0.05, 0) is 6.92 Å². The number of carbonyl (C=O) groups excluding carboxylic acids is 1. The van der Waals surface area contributed by atoms with Crippen LogP contribution in [0.5, 0.6) is 0 Å². The molecular weight excluding hydrogens is 176 g/mol. The third-order valence-corrected chi connectivity index (χ3v) is 1.61. The Morgan fingerprint density at radius 3 is 2.92 bits per heavy atom. The van der Waals surface area contributed by atoms with E-state index in [1.165, 1.54) is 4.68 Å². The molecular formula is C7H10N2O2S. The average molecular weight is 186 g/mol. The maximum Gasteiger partial charge on any atom is 0.360 e. The quantitative estimate of drug-likeness (QED) is 0.551. The zero-order valence-electron chi connectivity index (χ0n) is 6.94. The minimum Gasteiger partial charge on any atom is -0.461 e. The first-order valence-corrected chi connectivity index (χ1v) is 3.99. The second-order valence-corrected chi connectivity index (χ2v) is 2.74. The van der Waals surface area contributed by atoms with E-state index >= 15 is 0 Å². The summed E-state index contributed by atoms with van der Waals surface area (Å²) in [7, 11) is 1.72. The molecule has 0 unspecified atom stereocenters. The molecule has 0 saturated carbocycles. The van der Waals surface area contributed by atoms with Gasteiger partial charge in [0.2, 0.25) is 0 Å². The fourth-order valence-corrected chi connectivity index (χ4v) is 1.12. The zero-order chi connectivity index (χ0) is 9.14. The summed E-state index contributed by atoms with van der Waals surface area (Å²) in [6.45, 7) is 2.10. The minimum absolute atomic E-state index is 0.266. The molecule has 1 aromatic rings. The summed E-state index contributed by atoms with van der Waals surface area (Å²) in [4.78, 5) is 11.7. The summed E-state index contributed by atoms with van der Waals surface area (Å²) in [5.41, 5.74) is 0.266. The summed E-state index contributed by atoms with van der Waals surface area (Å²) in [5, 5.41) is 3.89. The molecule has 0 aromatic carbocycles. The number of esters is 1. The number of nitrogens with zero attached hydrogens (tertiary/aromatic N) is 2. The van der Waals surface area contributed by atoms with Crippen LogP contribution in [0, 0.1) is 0 Å². The first-order chi connectivity index (χ1) is 5.65. The van der Waals surface area contributed by atoms with Gasteiger partial charge in [0, 0.05) is 13.2 Å². The SMILES string of the molecule is CCOC(=O)c1nn(C)cc1S. The van der Waals surface area contributed by atoms with Crippen LogP contribution in [0.4, 0.5) is 0 Å². The zero-order valence-corrected chi connectivity index (χ0v) is 7.84. The summed E-state index contributed by atoms with van der Waals surface area (Å²) >= 11 is 4.07. The van der Waals surface area contributed by atoms with Crippen LogP contribution in [0.1, 0.15) is 17.4 Å². The lowest BCUT2D eigenvalue weighted by atomic mass is 10.4. The van der Waals surface area contributed by atoms with Crippen molar-refractivity contribution < 1.29 is 9.53 Å². The molecule has 1 rings (SSSR count). The maximum absolute atomic E-state index is 11.1. The van der Waals surface area contributed by atoms with Crippen LogP contribution in [0.2, 0.25) is 0 Å². The normalized spacial score (nSPS) is 9.92. The standard InChI is InChI=1S/C7H10N2O2S/c1-3-11-7(10)6-5(12)4-9(2)8-6/h4,12H,3H2,1-2H3. The van der Waals surface area contributed by atoms with Crippen molar-refractivity contribution in [1.82, 2.24) is 9.78 Å². The smallest absolute Gasteiger partial charge is 0.360 e.